The summed E-state index contributed by atoms with van der Waals surface area (Å²) < 4.78 is 7.18. The quantitative estimate of drug-likeness (QED) is 0.870. The minimum absolute atomic E-state index is 0.122. The Hall–Kier alpha value is -1.95. The Morgan fingerprint density at radius 1 is 1.45 bits per heavy atom. The van der Waals surface area contributed by atoms with E-state index in [1.54, 1.807) is 7.11 Å². The van der Waals surface area contributed by atoms with Crippen molar-refractivity contribution in [3.63, 3.8) is 0 Å². The minimum atomic E-state index is 0.122. The zero-order chi connectivity index (χ0) is 13.9. The average molecular weight is 273 g/mol. The molecule has 20 heavy (non-hydrogen) atoms. The summed E-state index contributed by atoms with van der Waals surface area (Å²) in [5.41, 5.74) is 1.18. The molecule has 0 amide bonds. The fourth-order valence-corrected chi connectivity index (χ4v) is 2.21. The second-order valence-electron chi connectivity index (χ2n) is 5.17. The molecule has 1 aromatic heterocycles. The van der Waals surface area contributed by atoms with Crippen molar-refractivity contribution in [3.05, 3.63) is 35.7 Å². The van der Waals surface area contributed by atoms with E-state index in [-0.39, 0.29) is 6.04 Å². The second-order valence-corrected chi connectivity index (χ2v) is 5.17. The first-order valence-corrected chi connectivity index (χ1v) is 6.92. The summed E-state index contributed by atoms with van der Waals surface area (Å²) in [7, 11) is 1.68. The third kappa shape index (κ3) is 2.80. The molecule has 1 aliphatic carbocycles. The first kappa shape index (κ1) is 13.1. The summed E-state index contributed by atoms with van der Waals surface area (Å²) in [5.74, 6) is 1.79. The van der Waals surface area contributed by atoms with Crippen LogP contribution in [0.2, 0.25) is 0 Å². The summed E-state index contributed by atoms with van der Waals surface area (Å²) >= 11 is 0. The van der Waals surface area contributed by atoms with Crippen LogP contribution in [0.5, 0.6) is 5.75 Å². The maximum absolute atomic E-state index is 5.23. The van der Waals surface area contributed by atoms with Crippen molar-refractivity contribution in [2.75, 3.05) is 7.11 Å². The Bertz CT molecular complexity index is 578. The normalized spacial score (nSPS) is 16.1. The highest BCUT2D eigenvalue weighted by molar-refractivity contribution is 5.28. The van der Waals surface area contributed by atoms with Gasteiger partial charge in [0.05, 0.1) is 19.2 Å². The second kappa shape index (κ2) is 5.58. The zero-order valence-electron chi connectivity index (χ0n) is 11.8. The van der Waals surface area contributed by atoms with Crippen LogP contribution < -0.4 is 10.1 Å². The first-order chi connectivity index (χ1) is 9.78. The van der Waals surface area contributed by atoms with Crippen LogP contribution in [0.15, 0.2) is 24.3 Å². The highest BCUT2D eigenvalue weighted by Gasteiger charge is 2.29. The van der Waals surface area contributed by atoms with Gasteiger partial charge in [-0.25, -0.2) is 4.68 Å². The molecule has 3 rings (SSSR count). The Balaban J connectivity index is 1.63. The van der Waals surface area contributed by atoms with Crippen LogP contribution in [0.3, 0.4) is 0 Å². The molecule has 0 unspecified atom stereocenters. The zero-order valence-corrected chi connectivity index (χ0v) is 11.8. The van der Waals surface area contributed by atoms with Crippen molar-refractivity contribution < 1.29 is 4.74 Å². The number of nitrogens with zero attached hydrogens (tertiary/aromatic N) is 4. The molecular formula is C14H19N5O. The van der Waals surface area contributed by atoms with Crippen LogP contribution >= 0.6 is 0 Å². The molecule has 6 heteroatoms. The van der Waals surface area contributed by atoms with Gasteiger partial charge in [-0.1, -0.05) is 12.1 Å². The average Bonchev–Trinajstić information content (AvgIpc) is 3.22. The van der Waals surface area contributed by atoms with Gasteiger partial charge < -0.3 is 10.1 Å². The number of tetrazole rings is 1. The van der Waals surface area contributed by atoms with Gasteiger partial charge in [-0.05, 0) is 47.9 Å². The molecule has 1 heterocycles. The molecule has 6 nitrogen and oxygen atoms in total. The van der Waals surface area contributed by atoms with Gasteiger partial charge in [0.15, 0.2) is 5.82 Å². The summed E-state index contributed by atoms with van der Waals surface area (Å²) in [6.45, 7) is 2.85. The lowest BCUT2D eigenvalue weighted by Crippen LogP contribution is -2.22. The molecule has 0 aliphatic heterocycles. The van der Waals surface area contributed by atoms with Gasteiger partial charge >= 0.3 is 0 Å². The van der Waals surface area contributed by atoms with Gasteiger partial charge in [0.25, 0.3) is 0 Å². The monoisotopic (exact) mass is 273 g/mol. The van der Waals surface area contributed by atoms with Crippen LogP contribution in [-0.4, -0.2) is 27.3 Å². The third-order valence-electron chi connectivity index (χ3n) is 3.54. The molecule has 1 aliphatic rings. The van der Waals surface area contributed by atoms with E-state index in [0.29, 0.717) is 6.04 Å². The maximum atomic E-state index is 5.23. The molecule has 0 saturated heterocycles. The van der Waals surface area contributed by atoms with Gasteiger partial charge in [0, 0.05) is 6.54 Å². The highest BCUT2D eigenvalue weighted by atomic mass is 16.5. The number of rotatable bonds is 6. The first-order valence-electron chi connectivity index (χ1n) is 6.92. The molecule has 1 N–H and O–H groups in total. The van der Waals surface area contributed by atoms with Gasteiger partial charge in [-0.3, -0.25) is 0 Å². The van der Waals surface area contributed by atoms with Gasteiger partial charge in [-0.2, -0.15) is 0 Å². The number of benzene rings is 1. The SMILES string of the molecule is COc1cccc(CN[C@@H](C)c2nnnn2C2CC2)c1. The number of hydrogen-bond acceptors (Lipinski definition) is 5. The summed E-state index contributed by atoms with van der Waals surface area (Å²) in [4.78, 5) is 0. The summed E-state index contributed by atoms with van der Waals surface area (Å²) in [6, 6.07) is 8.67. The van der Waals surface area contributed by atoms with Gasteiger partial charge in [-0.15, -0.1) is 5.10 Å². The number of methoxy groups -OCH3 is 1. The number of nitrogens with one attached hydrogen (secondary N) is 1. The van der Waals surface area contributed by atoms with E-state index in [9.17, 15) is 0 Å². The van der Waals surface area contributed by atoms with E-state index >= 15 is 0 Å². The van der Waals surface area contributed by atoms with E-state index in [0.717, 1.165) is 18.1 Å². The molecule has 1 atom stereocenters. The lowest BCUT2D eigenvalue weighted by atomic mass is 10.2. The number of aromatic nitrogens is 4. The molecule has 0 bridgehead atoms. The van der Waals surface area contributed by atoms with Crippen molar-refractivity contribution >= 4 is 0 Å². The van der Waals surface area contributed by atoms with E-state index < -0.39 is 0 Å². The van der Waals surface area contributed by atoms with Crippen molar-refractivity contribution in [2.45, 2.75) is 38.4 Å². The molecule has 2 aromatic rings. The Morgan fingerprint density at radius 3 is 3.05 bits per heavy atom. The van der Waals surface area contributed by atoms with Gasteiger partial charge in [0.1, 0.15) is 5.75 Å². The van der Waals surface area contributed by atoms with E-state index in [4.69, 9.17) is 4.74 Å². The maximum Gasteiger partial charge on any atom is 0.168 e. The predicted octanol–water partition coefficient (Wildman–Crippen LogP) is 1.87. The molecular weight excluding hydrogens is 254 g/mol. The van der Waals surface area contributed by atoms with Crippen LogP contribution in [-0.2, 0) is 6.54 Å². The van der Waals surface area contributed by atoms with Crippen LogP contribution in [0, 0.1) is 0 Å². The Labute approximate surface area is 118 Å². The molecule has 0 radical (unpaired) electrons. The smallest absolute Gasteiger partial charge is 0.168 e. The summed E-state index contributed by atoms with van der Waals surface area (Å²) in [6.07, 6.45) is 2.36. The van der Waals surface area contributed by atoms with Crippen LogP contribution in [0.4, 0.5) is 0 Å². The molecule has 0 spiro atoms. The predicted molar refractivity (Wildman–Crippen MR) is 74.3 cm³/mol. The molecule has 1 fully saturated rings. The summed E-state index contributed by atoms with van der Waals surface area (Å²) in [5, 5.41) is 15.5. The standard InChI is InChI=1S/C14H19N5O/c1-10(14-16-17-18-19(14)12-6-7-12)15-9-11-4-3-5-13(8-11)20-2/h3-5,8,10,12,15H,6-7,9H2,1-2H3/t10-/m0/s1. The topological polar surface area (TPSA) is 64.9 Å². The number of hydrogen-bond donors (Lipinski definition) is 1. The third-order valence-corrected chi connectivity index (χ3v) is 3.54. The Morgan fingerprint density at radius 2 is 2.30 bits per heavy atom. The van der Waals surface area contributed by atoms with E-state index in [1.807, 2.05) is 22.9 Å². The van der Waals surface area contributed by atoms with Crippen LogP contribution in [0.1, 0.15) is 43.2 Å². The van der Waals surface area contributed by atoms with Crippen LogP contribution in [0.25, 0.3) is 0 Å². The van der Waals surface area contributed by atoms with Crippen molar-refractivity contribution in [1.29, 1.82) is 0 Å². The van der Waals surface area contributed by atoms with Gasteiger partial charge in [0.2, 0.25) is 0 Å². The van der Waals surface area contributed by atoms with Crippen molar-refractivity contribution in [1.82, 2.24) is 25.5 Å². The molecule has 1 aromatic carbocycles. The fraction of sp³-hybridized carbons (Fsp3) is 0.500. The molecule has 1 saturated carbocycles. The van der Waals surface area contributed by atoms with Crippen molar-refractivity contribution in [2.24, 2.45) is 0 Å². The van der Waals surface area contributed by atoms with E-state index in [1.165, 1.54) is 18.4 Å². The van der Waals surface area contributed by atoms with E-state index in [2.05, 4.69) is 33.8 Å². The lowest BCUT2D eigenvalue weighted by Gasteiger charge is -2.13. The molecule has 106 valence electrons. The Kier molecular flexibility index (Phi) is 3.64. The highest BCUT2D eigenvalue weighted by Crippen LogP contribution is 2.35. The van der Waals surface area contributed by atoms with Crippen molar-refractivity contribution in [3.8, 4) is 5.75 Å². The number of ether oxygens (including phenoxy) is 1. The largest absolute Gasteiger partial charge is 0.497 e. The lowest BCUT2D eigenvalue weighted by molar-refractivity contribution is 0.413. The minimum Gasteiger partial charge on any atom is -0.497 e. The fourth-order valence-electron chi connectivity index (χ4n) is 2.21.